The third-order valence-corrected chi connectivity index (χ3v) is 15.1. The Morgan fingerprint density at radius 2 is 0.754 bits per heavy atom. The zero-order chi connectivity index (χ0) is 47.2. The largest absolute Gasteiger partial charge is 0.281 e. The maximum Gasteiger partial charge on any atom is 0.0159 e. The Labute approximate surface area is 410 Å². The van der Waals surface area contributed by atoms with Crippen LogP contribution >= 0.6 is 12.8 Å². The predicted octanol–water partition coefficient (Wildman–Crippen LogP) is 18.6. The van der Waals surface area contributed by atoms with Gasteiger partial charge in [-0.15, -0.1) is 12.8 Å². The molecule has 2 N–H and O–H groups in total. The summed E-state index contributed by atoms with van der Waals surface area (Å²) >= 11 is 3.03. The topological polar surface area (TPSA) is 26.0 Å². The first kappa shape index (κ1) is 42.8. The lowest BCUT2D eigenvalue weighted by Gasteiger charge is -2.23. The first-order valence-corrected chi connectivity index (χ1v) is 24.6. The molecule has 13 rings (SSSR count). The van der Waals surface area contributed by atoms with Crippen molar-refractivity contribution >= 4 is 66.7 Å². The van der Waals surface area contributed by atoms with E-state index in [0.717, 1.165) is 0 Å². The predicted molar refractivity (Wildman–Crippen MR) is 302 cm³/mol. The van der Waals surface area contributed by atoms with Gasteiger partial charge in [0, 0.05) is 5.41 Å². The Bertz CT molecular complexity index is 3910. The van der Waals surface area contributed by atoms with Crippen LogP contribution < -0.4 is 5.14 Å². The van der Waals surface area contributed by atoms with Crippen molar-refractivity contribution in [1.29, 1.82) is 0 Å². The fourth-order valence-corrected chi connectivity index (χ4v) is 11.7. The molecule has 0 unspecified atom stereocenters. The first-order chi connectivity index (χ1) is 33.6. The summed E-state index contributed by atoms with van der Waals surface area (Å²) in [5, 5.41) is 17.3. The normalized spacial score (nSPS) is 13.0. The van der Waals surface area contributed by atoms with E-state index in [1.807, 2.05) is 0 Å². The van der Waals surface area contributed by atoms with Crippen molar-refractivity contribution in [2.24, 2.45) is 5.14 Å². The fraction of sp³-hybridized carbons (Fsp3) is 0.104. The van der Waals surface area contributed by atoms with Crippen LogP contribution in [-0.2, 0) is 10.8 Å². The number of hydrogen-bond donors (Lipinski definition) is 2. The van der Waals surface area contributed by atoms with Crippen LogP contribution in [0, 0.1) is 0 Å². The molecule has 1 aliphatic rings. The number of fused-ring (bicyclic) bond motifs is 5. The molecule has 332 valence electrons. The van der Waals surface area contributed by atoms with Crippen molar-refractivity contribution in [2.75, 3.05) is 0 Å². The van der Waals surface area contributed by atoms with Gasteiger partial charge in [-0.25, -0.2) is 0 Å². The summed E-state index contributed by atoms with van der Waals surface area (Å²) in [6.07, 6.45) is 0. The minimum Gasteiger partial charge on any atom is -0.281 e. The van der Waals surface area contributed by atoms with E-state index in [4.69, 9.17) is 0 Å². The average Bonchev–Trinajstić information content (AvgIpc) is 3.61. The van der Waals surface area contributed by atoms with Gasteiger partial charge < -0.3 is 0 Å². The number of thiol groups is 1. The Balaban J connectivity index is 0.00000243. The molecule has 0 radical (unpaired) electrons. The van der Waals surface area contributed by atoms with Crippen LogP contribution in [0.2, 0.25) is 0 Å². The minimum absolute atomic E-state index is 0.0890. The van der Waals surface area contributed by atoms with Gasteiger partial charge in [-0.3, -0.25) is 5.14 Å². The van der Waals surface area contributed by atoms with Crippen LogP contribution in [0.15, 0.2) is 212 Å². The van der Waals surface area contributed by atoms with E-state index in [1.165, 1.54) is 137 Å². The van der Waals surface area contributed by atoms with Crippen LogP contribution in [0.3, 0.4) is 0 Å². The molecule has 12 aromatic rings. The first-order valence-electron chi connectivity index (χ1n) is 24.1. The van der Waals surface area contributed by atoms with Gasteiger partial charge in [-0.2, -0.15) is 0 Å². The van der Waals surface area contributed by atoms with Gasteiger partial charge in [0.2, 0.25) is 0 Å². The van der Waals surface area contributed by atoms with E-state index >= 15 is 0 Å². The molecular formula is C67H53NS. The number of nitrogens with two attached hydrogens (primary N) is 1. The molecule has 2 heteroatoms. The molecule has 0 heterocycles. The second kappa shape index (κ2) is 16.3. The summed E-state index contributed by atoms with van der Waals surface area (Å²) < 4.78 is 0. The van der Waals surface area contributed by atoms with Crippen molar-refractivity contribution in [3.05, 3.63) is 229 Å². The monoisotopic (exact) mass is 903 g/mol. The summed E-state index contributed by atoms with van der Waals surface area (Å²) in [7, 11) is 0. The van der Waals surface area contributed by atoms with Gasteiger partial charge >= 0.3 is 0 Å². The molecule has 1 aliphatic carbocycles. The minimum atomic E-state index is -0.176. The summed E-state index contributed by atoms with van der Waals surface area (Å²) in [4.78, 5) is 0. The Kier molecular flexibility index (Phi) is 10.1. The Morgan fingerprint density at radius 1 is 0.333 bits per heavy atom. The second-order valence-electron chi connectivity index (χ2n) is 20.5. The number of rotatable bonds is 5. The smallest absolute Gasteiger partial charge is 0.0159 e. The lowest BCUT2D eigenvalue weighted by atomic mass is 9.80. The molecule has 12 aromatic carbocycles. The third kappa shape index (κ3) is 6.88. The van der Waals surface area contributed by atoms with Gasteiger partial charge in [0.05, 0.1) is 0 Å². The SMILES string of the molecule is CC(C)(C)c1cc2ccc3ccc(-c4cccc(-c5ccc6c(c5)C(C)(C)c5cc(-c7cccc(-c8c9ccccc9c(-c9ccccc9)c9ccccc89)c7)ccc5-6)c4)c4ccc(c1)c2c34.NS. The zero-order valence-electron chi connectivity index (χ0n) is 39.7. The van der Waals surface area contributed by atoms with E-state index in [2.05, 4.69) is 265 Å². The highest BCUT2D eigenvalue weighted by atomic mass is 32.1. The lowest BCUT2D eigenvalue weighted by Crippen LogP contribution is -2.15. The van der Waals surface area contributed by atoms with Crippen molar-refractivity contribution in [1.82, 2.24) is 0 Å². The van der Waals surface area contributed by atoms with E-state index in [1.54, 1.807) is 0 Å². The number of benzene rings is 12. The molecule has 0 atom stereocenters. The molecule has 0 saturated heterocycles. The van der Waals surface area contributed by atoms with E-state index in [9.17, 15) is 0 Å². The quantitative estimate of drug-likeness (QED) is 0.100. The van der Waals surface area contributed by atoms with E-state index in [0.29, 0.717) is 0 Å². The third-order valence-electron chi connectivity index (χ3n) is 15.1. The van der Waals surface area contributed by atoms with Crippen LogP contribution in [0.1, 0.15) is 51.3 Å². The summed E-state index contributed by atoms with van der Waals surface area (Å²) in [6.45, 7) is 11.7. The van der Waals surface area contributed by atoms with Gasteiger partial charge in [0.1, 0.15) is 0 Å². The highest BCUT2D eigenvalue weighted by molar-refractivity contribution is 7.77. The maximum absolute atomic E-state index is 4.19. The Morgan fingerprint density at radius 3 is 1.32 bits per heavy atom. The molecule has 0 aliphatic heterocycles. The molecule has 0 aromatic heterocycles. The number of hydrogen-bond acceptors (Lipinski definition) is 2. The molecule has 0 bridgehead atoms. The second-order valence-corrected chi connectivity index (χ2v) is 20.5. The molecule has 1 nitrogen and oxygen atoms in total. The van der Waals surface area contributed by atoms with Crippen molar-refractivity contribution < 1.29 is 0 Å². The molecule has 69 heavy (non-hydrogen) atoms. The highest BCUT2D eigenvalue weighted by Crippen LogP contribution is 2.52. The van der Waals surface area contributed by atoms with Crippen LogP contribution in [0.5, 0.6) is 0 Å². The fourth-order valence-electron chi connectivity index (χ4n) is 11.7. The van der Waals surface area contributed by atoms with Crippen molar-refractivity contribution in [2.45, 2.75) is 45.4 Å². The molecule has 0 amide bonds. The van der Waals surface area contributed by atoms with Crippen molar-refractivity contribution in [3.8, 4) is 66.8 Å². The highest BCUT2D eigenvalue weighted by Gasteiger charge is 2.36. The van der Waals surface area contributed by atoms with Crippen molar-refractivity contribution in [3.63, 3.8) is 0 Å². The van der Waals surface area contributed by atoms with Crippen LogP contribution in [0.4, 0.5) is 0 Å². The Hall–Kier alpha value is -7.49. The molecule has 0 saturated carbocycles. The maximum atomic E-state index is 4.19. The van der Waals surface area contributed by atoms with Gasteiger partial charge in [-0.05, 0) is 167 Å². The lowest BCUT2D eigenvalue weighted by molar-refractivity contribution is 0.591. The van der Waals surface area contributed by atoms with Gasteiger partial charge in [0.25, 0.3) is 0 Å². The summed E-state index contributed by atoms with van der Waals surface area (Å²) in [6, 6.07) is 80.1. The summed E-state index contributed by atoms with van der Waals surface area (Å²) in [5.41, 5.74) is 19.2. The average molecular weight is 904 g/mol. The zero-order valence-corrected chi connectivity index (χ0v) is 40.6. The van der Waals surface area contributed by atoms with E-state index < -0.39 is 0 Å². The standard InChI is InChI=1S/C67H50.H3NS/c1-66(2,3)51-37-49-26-25-42-27-31-52(59-34-30-50(38-51)62(49)65(42)59)47-19-13-17-43(35-47)45-28-32-53-54-33-29-46(40-61(54)67(4,5)60(53)39-45)44-18-14-20-48(36-44)64-57-23-11-9-21-55(57)63(41-15-7-6-8-16-41)56-22-10-12-24-58(56)64;1-2/h6-40H,1-5H3;2H,1H2. The van der Waals surface area contributed by atoms with E-state index in [-0.39, 0.29) is 10.8 Å². The molecular weight excluding hydrogens is 851 g/mol. The van der Waals surface area contributed by atoms with Crippen LogP contribution in [0.25, 0.3) is 121 Å². The van der Waals surface area contributed by atoms with Gasteiger partial charge in [0.15, 0.2) is 0 Å². The van der Waals surface area contributed by atoms with Crippen LogP contribution in [-0.4, -0.2) is 0 Å². The van der Waals surface area contributed by atoms with Gasteiger partial charge in [-0.1, -0.05) is 223 Å². The molecule has 0 fully saturated rings. The molecule has 0 spiro atoms. The summed E-state index contributed by atoms with van der Waals surface area (Å²) in [5.74, 6) is 0.